The summed E-state index contributed by atoms with van der Waals surface area (Å²) >= 11 is 6.21. The van der Waals surface area contributed by atoms with Crippen LogP contribution in [0.3, 0.4) is 0 Å². The second kappa shape index (κ2) is 5.90. The molecule has 4 rings (SSSR count). The second-order valence-electron chi connectivity index (χ2n) is 5.30. The van der Waals surface area contributed by atoms with Gasteiger partial charge in [-0.05, 0) is 23.8 Å². The van der Waals surface area contributed by atoms with E-state index >= 15 is 0 Å². The van der Waals surface area contributed by atoms with E-state index in [0.29, 0.717) is 39.9 Å². The highest BCUT2D eigenvalue weighted by atomic mass is 35.5. The van der Waals surface area contributed by atoms with E-state index in [1.165, 1.54) is 0 Å². The van der Waals surface area contributed by atoms with Crippen LogP contribution in [0.2, 0.25) is 5.02 Å². The molecule has 0 aliphatic heterocycles. The van der Waals surface area contributed by atoms with Crippen molar-refractivity contribution < 1.29 is 0 Å². The molecule has 0 fully saturated rings. The van der Waals surface area contributed by atoms with Crippen molar-refractivity contribution in [2.24, 2.45) is 0 Å². The Bertz CT molecular complexity index is 1010. The first-order valence-electron chi connectivity index (χ1n) is 7.36. The molecule has 24 heavy (non-hydrogen) atoms. The van der Waals surface area contributed by atoms with Gasteiger partial charge in [0.2, 0.25) is 0 Å². The van der Waals surface area contributed by atoms with Crippen LogP contribution >= 0.6 is 11.6 Å². The van der Waals surface area contributed by atoms with Gasteiger partial charge in [-0.25, -0.2) is 9.97 Å². The lowest BCUT2D eigenvalue weighted by Crippen LogP contribution is -2.00. The van der Waals surface area contributed by atoms with Crippen molar-refractivity contribution >= 4 is 28.5 Å². The maximum absolute atomic E-state index is 6.21. The van der Waals surface area contributed by atoms with Crippen LogP contribution in [0.15, 0.2) is 54.9 Å². The first kappa shape index (κ1) is 14.6. The molecular weight excluding hydrogens is 324 g/mol. The topological polar surface area (TPSA) is 82.5 Å². The number of nitrogens with two attached hydrogens (primary N) is 1. The number of rotatable bonds is 3. The van der Waals surface area contributed by atoms with Crippen LogP contribution in [0.25, 0.3) is 22.6 Å². The van der Waals surface area contributed by atoms with Crippen molar-refractivity contribution in [3.05, 3.63) is 65.4 Å². The molecular formula is C17H13ClN6. The summed E-state index contributed by atoms with van der Waals surface area (Å²) < 4.78 is 1.76. The lowest BCUT2D eigenvalue weighted by molar-refractivity contribution is 0.693. The van der Waals surface area contributed by atoms with E-state index in [2.05, 4.69) is 20.1 Å². The van der Waals surface area contributed by atoms with Crippen LogP contribution in [0, 0.1) is 0 Å². The van der Waals surface area contributed by atoms with Gasteiger partial charge in [-0.2, -0.15) is 5.10 Å². The van der Waals surface area contributed by atoms with Gasteiger partial charge in [-0.3, -0.25) is 9.67 Å². The zero-order valence-corrected chi connectivity index (χ0v) is 13.4. The summed E-state index contributed by atoms with van der Waals surface area (Å²) in [6.07, 6.45) is 3.52. The first-order chi connectivity index (χ1) is 11.7. The van der Waals surface area contributed by atoms with Gasteiger partial charge < -0.3 is 5.73 Å². The fourth-order valence-electron chi connectivity index (χ4n) is 2.47. The third-order valence-electron chi connectivity index (χ3n) is 3.64. The molecule has 0 radical (unpaired) electrons. The zero-order valence-electron chi connectivity index (χ0n) is 12.6. The van der Waals surface area contributed by atoms with Gasteiger partial charge in [0.05, 0.1) is 11.9 Å². The normalized spacial score (nSPS) is 11.0. The van der Waals surface area contributed by atoms with Crippen molar-refractivity contribution in [3.8, 4) is 11.5 Å². The van der Waals surface area contributed by atoms with Crippen LogP contribution in [-0.2, 0) is 6.54 Å². The summed E-state index contributed by atoms with van der Waals surface area (Å²) in [5.74, 6) is 0.842. The van der Waals surface area contributed by atoms with Crippen molar-refractivity contribution in [1.82, 2.24) is 24.7 Å². The monoisotopic (exact) mass is 336 g/mol. The fourth-order valence-corrected chi connectivity index (χ4v) is 2.66. The number of halogens is 1. The van der Waals surface area contributed by atoms with Crippen LogP contribution in [-0.4, -0.2) is 24.7 Å². The van der Waals surface area contributed by atoms with Crippen LogP contribution in [0.5, 0.6) is 0 Å². The number of nitrogens with zero attached hydrogens (tertiary/aromatic N) is 5. The molecule has 3 aromatic heterocycles. The average molecular weight is 337 g/mol. The van der Waals surface area contributed by atoms with E-state index in [1.54, 1.807) is 10.9 Å². The molecule has 7 heteroatoms. The van der Waals surface area contributed by atoms with E-state index in [-0.39, 0.29) is 0 Å². The van der Waals surface area contributed by atoms with Crippen molar-refractivity contribution in [2.75, 3.05) is 5.73 Å². The molecule has 0 saturated heterocycles. The zero-order chi connectivity index (χ0) is 16.5. The highest BCUT2D eigenvalue weighted by molar-refractivity contribution is 6.31. The lowest BCUT2D eigenvalue weighted by Gasteiger charge is -2.03. The number of aromatic nitrogens is 5. The molecule has 0 amide bonds. The quantitative estimate of drug-likeness (QED) is 0.621. The molecule has 6 nitrogen and oxygen atoms in total. The standard InChI is InChI=1S/C17H13ClN6/c18-13-6-2-1-5-11(13)9-24-10-12-15(19)21-17(22-16(12)23-24)14-7-3-4-8-20-14/h1-8,10H,9H2,(H2,19,21,22,23). The van der Waals surface area contributed by atoms with Gasteiger partial charge >= 0.3 is 0 Å². The third kappa shape index (κ3) is 2.68. The van der Waals surface area contributed by atoms with E-state index in [1.807, 2.05) is 48.7 Å². The van der Waals surface area contributed by atoms with Crippen molar-refractivity contribution in [3.63, 3.8) is 0 Å². The van der Waals surface area contributed by atoms with Crippen LogP contribution in [0.4, 0.5) is 5.82 Å². The number of fused-ring (bicyclic) bond motifs is 1. The minimum absolute atomic E-state index is 0.381. The van der Waals surface area contributed by atoms with E-state index in [9.17, 15) is 0 Å². The molecule has 2 N–H and O–H groups in total. The number of nitrogen functional groups attached to an aromatic ring is 1. The molecule has 0 saturated carbocycles. The number of anilines is 1. The van der Waals surface area contributed by atoms with Gasteiger partial charge in [0.15, 0.2) is 11.5 Å². The Kier molecular flexibility index (Phi) is 3.59. The second-order valence-corrected chi connectivity index (χ2v) is 5.71. The molecule has 0 spiro atoms. The predicted octanol–water partition coefficient (Wildman–Crippen LogP) is 3.17. The van der Waals surface area contributed by atoms with Crippen LogP contribution in [0.1, 0.15) is 5.56 Å². The Hall–Kier alpha value is -2.99. The van der Waals surface area contributed by atoms with E-state index in [4.69, 9.17) is 17.3 Å². The summed E-state index contributed by atoms with van der Waals surface area (Å²) in [4.78, 5) is 13.1. The van der Waals surface area contributed by atoms with Crippen molar-refractivity contribution in [1.29, 1.82) is 0 Å². The fraction of sp³-hybridized carbons (Fsp3) is 0.0588. The lowest BCUT2D eigenvalue weighted by atomic mass is 10.2. The highest BCUT2D eigenvalue weighted by Crippen LogP contribution is 2.22. The van der Waals surface area contributed by atoms with Gasteiger partial charge in [0.1, 0.15) is 11.5 Å². The van der Waals surface area contributed by atoms with Gasteiger partial charge in [0, 0.05) is 17.4 Å². The minimum Gasteiger partial charge on any atom is -0.383 e. The Labute approximate surface area is 143 Å². The summed E-state index contributed by atoms with van der Waals surface area (Å²) in [6.45, 7) is 0.536. The predicted molar refractivity (Wildman–Crippen MR) is 93.5 cm³/mol. The Morgan fingerprint density at radius 1 is 1.04 bits per heavy atom. The van der Waals surface area contributed by atoms with Gasteiger partial charge in [-0.15, -0.1) is 0 Å². The minimum atomic E-state index is 0.381. The Morgan fingerprint density at radius 2 is 1.88 bits per heavy atom. The summed E-state index contributed by atoms with van der Waals surface area (Å²) in [5, 5.41) is 5.90. The summed E-state index contributed by atoms with van der Waals surface area (Å²) in [6, 6.07) is 13.2. The molecule has 1 aromatic carbocycles. The average Bonchev–Trinajstić information content (AvgIpc) is 3.01. The molecule has 0 unspecified atom stereocenters. The number of pyridine rings is 1. The van der Waals surface area contributed by atoms with Crippen LogP contribution < -0.4 is 5.73 Å². The highest BCUT2D eigenvalue weighted by Gasteiger charge is 2.12. The van der Waals surface area contributed by atoms with Gasteiger partial charge in [-0.1, -0.05) is 35.9 Å². The first-order valence-corrected chi connectivity index (χ1v) is 7.74. The largest absolute Gasteiger partial charge is 0.383 e. The summed E-state index contributed by atoms with van der Waals surface area (Å²) in [5.41, 5.74) is 8.24. The molecule has 4 aromatic rings. The summed E-state index contributed by atoms with van der Waals surface area (Å²) in [7, 11) is 0. The molecule has 0 aliphatic carbocycles. The molecule has 0 aliphatic rings. The number of hydrogen-bond donors (Lipinski definition) is 1. The van der Waals surface area contributed by atoms with Crippen molar-refractivity contribution in [2.45, 2.75) is 6.54 Å². The van der Waals surface area contributed by atoms with E-state index in [0.717, 1.165) is 5.56 Å². The molecule has 0 bridgehead atoms. The number of benzene rings is 1. The molecule has 3 heterocycles. The smallest absolute Gasteiger partial charge is 0.187 e. The Morgan fingerprint density at radius 3 is 2.67 bits per heavy atom. The number of hydrogen-bond acceptors (Lipinski definition) is 5. The molecule has 118 valence electrons. The van der Waals surface area contributed by atoms with Gasteiger partial charge in [0.25, 0.3) is 0 Å². The third-order valence-corrected chi connectivity index (χ3v) is 4.01. The maximum Gasteiger partial charge on any atom is 0.187 e. The van der Waals surface area contributed by atoms with E-state index < -0.39 is 0 Å². The Balaban J connectivity index is 1.76. The molecule has 0 atom stereocenters. The maximum atomic E-state index is 6.21. The SMILES string of the molecule is Nc1nc(-c2ccccn2)nc2nn(Cc3ccccc3Cl)cc12.